The highest BCUT2D eigenvalue weighted by atomic mass is 35.5. The minimum Gasteiger partial charge on any atom is -0.283 e. The first-order valence-electron chi connectivity index (χ1n) is 4.88. The number of pyridine rings is 2. The zero-order valence-corrected chi connectivity index (χ0v) is 9.09. The summed E-state index contributed by atoms with van der Waals surface area (Å²) in [6.45, 7) is 0. The molecule has 3 rings (SSSR count). The van der Waals surface area contributed by atoms with Gasteiger partial charge in [-0.05, 0) is 24.3 Å². The van der Waals surface area contributed by atoms with Crippen LogP contribution in [0.2, 0.25) is 5.15 Å². The molecule has 0 aliphatic rings. The van der Waals surface area contributed by atoms with Crippen LogP contribution in [-0.4, -0.2) is 14.4 Å². The molecule has 0 aliphatic heterocycles. The van der Waals surface area contributed by atoms with E-state index >= 15 is 0 Å². The molecule has 0 aromatic carbocycles. The molecular weight excluding hydrogens is 222 g/mol. The zero-order chi connectivity index (χ0) is 11.0. The summed E-state index contributed by atoms with van der Waals surface area (Å²) in [6.07, 6.45) is 5.29. The Morgan fingerprint density at radius 2 is 1.88 bits per heavy atom. The second-order valence-electron chi connectivity index (χ2n) is 3.43. The Bertz CT molecular complexity index is 631. The van der Waals surface area contributed by atoms with Crippen molar-refractivity contribution in [1.29, 1.82) is 0 Å². The molecule has 0 amide bonds. The smallest absolute Gasteiger partial charge is 0.145 e. The Morgan fingerprint density at radius 3 is 2.69 bits per heavy atom. The Hall–Kier alpha value is -1.87. The van der Waals surface area contributed by atoms with E-state index in [-0.39, 0.29) is 0 Å². The Balaban J connectivity index is 2.33. The summed E-state index contributed by atoms with van der Waals surface area (Å²) in [5.41, 5.74) is 1.99. The van der Waals surface area contributed by atoms with Crippen molar-refractivity contribution < 1.29 is 0 Å². The normalized spacial score (nSPS) is 10.8. The summed E-state index contributed by atoms with van der Waals surface area (Å²) in [5.74, 6) is 0.836. The zero-order valence-electron chi connectivity index (χ0n) is 8.34. The van der Waals surface area contributed by atoms with Crippen molar-refractivity contribution >= 4 is 17.1 Å². The van der Waals surface area contributed by atoms with Gasteiger partial charge in [0.15, 0.2) is 0 Å². The molecular formula is C12H8ClN3. The summed E-state index contributed by atoms with van der Waals surface area (Å²) < 4.78 is 1.91. The predicted octanol–water partition coefficient (Wildman–Crippen LogP) is 3.05. The van der Waals surface area contributed by atoms with Gasteiger partial charge >= 0.3 is 0 Å². The molecule has 0 N–H and O–H groups in total. The van der Waals surface area contributed by atoms with E-state index in [2.05, 4.69) is 9.97 Å². The van der Waals surface area contributed by atoms with Crippen molar-refractivity contribution in [2.75, 3.05) is 0 Å². The van der Waals surface area contributed by atoms with Crippen LogP contribution in [0.25, 0.3) is 16.9 Å². The minimum absolute atomic E-state index is 0.654. The van der Waals surface area contributed by atoms with Gasteiger partial charge in [0.25, 0.3) is 0 Å². The summed E-state index contributed by atoms with van der Waals surface area (Å²) in [6, 6.07) is 9.57. The van der Waals surface area contributed by atoms with Gasteiger partial charge < -0.3 is 0 Å². The first kappa shape index (κ1) is 9.36. The van der Waals surface area contributed by atoms with E-state index in [9.17, 15) is 0 Å². The molecule has 0 radical (unpaired) electrons. The monoisotopic (exact) mass is 229 g/mol. The van der Waals surface area contributed by atoms with Gasteiger partial charge in [-0.3, -0.25) is 9.38 Å². The van der Waals surface area contributed by atoms with Crippen LogP contribution in [0.3, 0.4) is 0 Å². The van der Waals surface area contributed by atoms with E-state index in [0.717, 1.165) is 16.9 Å². The van der Waals surface area contributed by atoms with E-state index in [1.54, 1.807) is 12.4 Å². The third-order valence-electron chi connectivity index (χ3n) is 2.44. The molecule has 3 nitrogen and oxygen atoms in total. The first-order valence-corrected chi connectivity index (χ1v) is 5.26. The lowest BCUT2D eigenvalue weighted by molar-refractivity contribution is 1.16. The van der Waals surface area contributed by atoms with Crippen molar-refractivity contribution in [3.8, 4) is 11.4 Å². The third kappa shape index (κ3) is 1.37. The van der Waals surface area contributed by atoms with Crippen LogP contribution in [0.5, 0.6) is 0 Å². The molecule has 0 spiro atoms. The largest absolute Gasteiger partial charge is 0.283 e. The Labute approximate surface area is 97.3 Å². The topological polar surface area (TPSA) is 30.2 Å². The number of imidazole rings is 1. The first-order chi connectivity index (χ1) is 7.86. The average molecular weight is 230 g/mol. The summed E-state index contributed by atoms with van der Waals surface area (Å²) in [7, 11) is 0. The number of hydrogen-bond donors (Lipinski definition) is 0. The van der Waals surface area contributed by atoms with Crippen LogP contribution < -0.4 is 0 Å². The highest BCUT2D eigenvalue weighted by Crippen LogP contribution is 2.22. The molecule has 3 aromatic rings. The second-order valence-corrected chi connectivity index (χ2v) is 3.81. The molecule has 0 saturated heterocycles. The third-order valence-corrected chi connectivity index (χ3v) is 2.74. The molecule has 0 unspecified atom stereocenters. The van der Waals surface area contributed by atoms with E-state index in [1.807, 2.05) is 40.9 Å². The molecule has 0 aliphatic carbocycles. The van der Waals surface area contributed by atoms with Crippen LogP contribution in [0.15, 0.2) is 48.9 Å². The van der Waals surface area contributed by atoms with Gasteiger partial charge in [-0.15, -0.1) is 0 Å². The van der Waals surface area contributed by atoms with Crippen molar-refractivity contribution in [1.82, 2.24) is 14.4 Å². The van der Waals surface area contributed by atoms with Crippen molar-refractivity contribution in [3.63, 3.8) is 0 Å². The maximum absolute atomic E-state index is 6.16. The van der Waals surface area contributed by atoms with Gasteiger partial charge in [0.1, 0.15) is 11.0 Å². The number of nitrogens with zero attached hydrogens (tertiary/aromatic N) is 3. The maximum Gasteiger partial charge on any atom is 0.145 e. The summed E-state index contributed by atoms with van der Waals surface area (Å²) in [5, 5.41) is 0.654. The van der Waals surface area contributed by atoms with Gasteiger partial charge in [-0.1, -0.05) is 17.7 Å². The molecule has 3 heterocycles. The Kier molecular flexibility index (Phi) is 2.11. The predicted molar refractivity (Wildman–Crippen MR) is 63.4 cm³/mol. The molecule has 16 heavy (non-hydrogen) atoms. The van der Waals surface area contributed by atoms with Crippen LogP contribution in [0, 0.1) is 0 Å². The fourth-order valence-corrected chi connectivity index (χ4v) is 1.96. The van der Waals surface area contributed by atoms with Crippen LogP contribution in [-0.2, 0) is 0 Å². The van der Waals surface area contributed by atoms with E-state index in [1.165, 1.54) is 0 Å². The van der Waals surface area contributed by atoms with Crippen molar-refractivity contribution in [3.05, 3.63) is 54.1 Å². The summed E-state index contributed by atoms with van der Waals surface area (Å²) in [4.78, 5) is 8.36. The highest BCUT2D eigenvalue weighted by molar-refractivity contribution is 6.30. The van der Waals surface area contributed by atoms with Gasteiger partial charge in [-0.2, -0.15) is 0 Å². The van der Waals surface area contributed by atoms with Crippen LogP contribution in [0.1, 0.15) is 0 Å². The van der Waals surface area contributed by atoms with Gasteiger partial charge in [0.2, 0.25) is 0 Å². The standard InChI is InChI=1S/C12H8ClN3/c13-11-3-1-2-10-8-15-12(16(10)11)9-4-6-14-7-5-9/h1-8H. The molecule has 0 saturated carbocycles. The van der Waals surface area contributed by atoms with Crippen molar-refractivity contribution in [2.24, 2.45) is 0 Å². The maximum atomic E-state index is 6.16. The quantitative estimate of drug-likeness (QED) is 0.601. The van der Waals surface area contributed by atoms with Gasteiger partial charge in [0.05, 0.1) is 11.7 Å². The lowest BCUT2D eigenvalue weighted by Crippen LogP contribution is -1.90. The van der Waals surface area contributed by atoms with E-state index < -0.39 is 0 Å². The summed E-state index contributed by atoms with van der Waals surface area (Å²) >= 11 is 6.16. The van der Waals surface area contributed by atoms with Gasteiger partial charge in [-0.25, -0.2) is 4.98 Å². The molecule has 0 fully saturated rings. The van der Waals surface area contributed by atoms with E-state index in [4.69, 9.17) is 11.6 Å². The lowest BCUT2D eigenvalue weighted by atomic mass is 10.2. The minimum atomic E-state index is 0.654. The molecule has 0 atom stereocenters. The molecule has 4 heteroatoms. The van der Waals surface area contributed by atoms with Crippen LogP contribution in [0.4, 0.5) is 0 Å². The van der Waals surface area contributed by atoms with Crippen molar-refractivity contribution in [2.45, 2.75) is 0 Å². The number of aromatic nitrogens is 3. The second kappa shape index (κ2) is 3.61. The Morgan fingerprint density at radius 1 is 1.06 bits per heavy atom. The van der Waals surface area contributed by atoms with E-state index in [0.29, 0.717) is 5.15 Å². The number of rotatable bonds is 1. The SMILES string of the molecule is Clc1cccc2cnc(-c3ccncc3)n12. The fourth-order valence-electron chi connectivity index (χ4n) is 1.71. The fraction of sp³-hybridized carbons (Fsp3) is 0. The average Bonchev–Trinajstić information content (AvgIpc) is 2.75. The number of hydrogen-bond acceptors (Lipinski definition) is 2. The van der Waals surface area contributed by atoms with Crippen LogP contribution >= 0.6 is 11.6 Å². The van der Waals surface area contributed by atoms with Gasteiger partial charge in [0, 0.05) is 18.0 Å². The highest BCUT2D eigenvalue weighted by Gasteiger charge is 2.07. The number of fused-ring (bicyclic) bond motifs is 1. The lowest BCUT2D eigenvalue weighted by Gasteiger charge is -2.02. The molecule has 0 bridgehead atoms. The molecule has 3 aromatic heterocycles. The molecule has 78 valence electrons. The number of halogens is 1.